The van der Waals surface area contributed by atoms with Gasteiger partial charge in [0, 0.05) is 18.8 Å². The summed E-state index contributed by atoms with van der Waals surface area (Å²) in [5, 5.41) is 3.47. The Kier molecular flexibility index (Phi) is 7.49. The molecule has 0 amide bonds. The van der Waals surface area contributed by atoms with Gasteiger partial charge in [-0.1, -0.05) is 13.8 Å². The molecule has 0 saturated carbocycles. The summed E-state index contributed by atoms with van der Waals surface area (Å²) in [6, 6.07) is 0. The molecule has 1 aliphatic heterocycles. The summed E-state index contributed by atoms with van der Waals surface area (Å²) in [6.45, 7) is 10.7. The molecule has 0 spiro atoms. The highest BCUT2D eigenvalue weighted by molar-refractivity contribution is 7.99. The van der Waals surface area contributed by atoms with Crippen molar-refractivity contribution >= 4 is 11.8 Å². The van der Waals surface area contributed by atoms with Crippen LogP contribution in [0.2, 0.25) is 0 Å². The summed E-state index contributed by atoms with van der Waals surface area (Å²) in [7, 11) is 0. The van der Waals surface area contributed by atoms with Gasteiger partial charge in [0.1, 0.15) is 0 Å². The molecule has 1 N–H and O–H groups in total. The van der Waals surface area contributed by atoms with Gasteiger partial charge in [-0.25, -0.2) is 0 Å². The Hall–Kier alpha value is 0.270. The molecule has 0 aromatic rings. The molecular formula is C12H26N2S. The molecule has 0 bridgehead atoms. The van der Waals surface area contributed by atoms with Crippen LogP contribution in [0.25, 0.3) is 0 Å². The first-order valence-electron chi connectivity index (χ1n) is 6.37. The van der Waals surface area contributed by atoms with Crippen molar-refractivity contribution in [3.63, 3.8) is 0 Å². The lowest BCUT2D eigenvalue weighted by molar-refractivity contribution is 0.182. The van der Waals surface area contributed by atoms with Gasteiger partial charge in [-0.05, 0) is 44.1 Å². The van der Waals surface area contributed by atoms with E-state index >= 15 is 0 Å². The monoisotopic (exact) mass is 230 g/mol. The highest BCUT2D eigenvalue weighted by Crippen LogP contribution is 2.16. The Morgan fingerprint density at radius 3 is 3.00 bits per heavy atom. The van der Waals surface area contributed by atoms with Gasteiger partial charge in [-0.15, -0.1) is 0 Å². The molecule has 1 unspecified atom stereocenters. The summed E-state index contributed by atoms with van der Waals surface area (Å²) in [6.07, 6.45) is 2.82. The highest BCUT2D eigenvalue weighted by Gasteiger charge is 2.18. The summed E-state index contributed by atoms with van der Waals surface area (Å²) >= 11 is 2.06. The van der Waals surface area contributed by atoms with Gasteiger partial charge >= 0.3 is 0 Å². The maximum atomic E-state index is 3.47. The van der Waals surface area contributed by atoms with Gasteiger partial charge in [0.15, 0.2) is 0 Å². The third kappa shape index (κ3) is 5.79. The first kappa shape index (κ1) is 13.3. The summed E-state index contributed by atoms with van der Waals surface area (Å²) < 4.78 is 0. The number of piperidine rings is 1. The lowest BCUT2D eigenvalue weighted by Crippen LogP contribution is -2.40. The van der Waals surface area contributed by atoms with Crippen LogP contribution in [0.3, 0.4) is 0 Å². The third-order valence-corrected chi connectivity index (χ3v) is 3.92. The largest absolute Gasteiger partial charge is 0.317 e. The van der Waals surface area contributed by atoms with Crippen LogP contribution in [-0.2, 0) is 0 Å². The van der Waals surface area contributed by atoms with Gasteiger partial charge in [0.2, 0.25) is 0 Å². The van der Waals surface area contributed by atoms with Crippen LogP contribution >= 0.6 is 11.8 Å². The first-order chi connectivity index (χ1) is 7.36. The molecule has 1 atom stereocenters. The molecule has 3 heteroatoms. The maximum Gasteiger partial charge on any atom is 0.00725 e. The van der Waals surface area contributed by atoms with E-state index in [2.05, 4.69) is 35.8 Å². The number of thioether (sulfide) groups is 1. The van der Waals surface area contributed by atoms with Crippen LogP contribution in [-0.4, -0.2) is 49.1 Å². The second kappa shape index (κ2) is 8.43. The Morgan fingerprint density at radius 1 is 1.40 bits per heavy atom. The van der Waals surface area contributed by atoms with Crippen LogP contribution in [0.15, 0.2) is 0 Å². The number of nitrogens with zero attached hydrogens (tertiary/aromatic N) is 1. The number of hydrogen-bond acceptors (Lipinski definition) is 3. The average molecular weight is 230 g/mol. The molecule has 1 aliphatic rings. The van der Waals surface area contributed by atoms with E-state index in [4.69, 9.17) is 0 Å². The first-order valence-corrected chi connectivity index (χ1v) is 7.53. The zero-order valence-electron chi connectivity index (χ0n) is 10.3. The summed E-state index contributed by atoms with van der Waals surface area (Å²) in [5.74, 6) is 3.46. The molecule has 2 nitrogen and oxygen atoms in total. The molecule has 1 fully saturated rings. The smallest absolute Gasteiger partial charge is 0.00725 e. The molecule has 15 heavy (non-hydrogen) atoms. The Balaban J connectivity index is 2.11. The van der Waals surface area contributed by atoms with E-state index in [1.165, 1.54) is 50.5 Å². The van der Waals surface area contributed by atoms with Crippen LogP contribution in [0, 0.1) is 5.92 Å². The molecule has 1 rings (SSSR count). The fourth-order valence-corrected chi connectivity index (χ4v) is 2.88. The predicted molar refractivity (Wildman–Crippen MR) is 70.7 cm³/mol. The Morgan fingerprint density at radius 2 is 2.27 bits per heavy atom. The molecule has 0 aromatic carbocycles. The van der Waals surface area contributed by atoms with Crippen LogP contribution < -0.4 is 5.32 Å². The average Bonchev–Trinajstić information content (AvgIpc) is 2.27. The molecular weight excluding hydrogens is 204 g/mol. The lowest BCUT2D eigenvalue weighted by Gasteiger charge is -2.32. The second-order valence-electron chi connectivity index (χ2n) is 4.31. The van der Waals surface area contributed by atoms with Crippen molar-refractivity contribution in [3.8, 4) is 0 Å². The van der Waals surface area contributed by atoms with Crippen LogP contribution in [0.5, 0.6) is 0 Å². The zero-order valence-corrected chi connectivity index (χ0v) is 11.1. The lowest BCUT2D eigenvalue weighted by atomic mass is 9.98. The van der Waals surface area contributed by atoms with E-state index < -0.39 is 0 Å². The number of rotatable bonds is 7. The minimum atomic E-state index is 0.894. The van der Waals surface area contributed by atoms with Crippen molar-refractivity contribution < 1.29 is 0 Å². The summed E-state index contributed by atoms with van der Waals surface area (Å²) in [4.78, 5) is 2.65. The maximum absolute atomic E-state index is 3.47. The minimum absolute atomic E-state index is 0.894. The van der Waals surface area contributed by atoms with Gasteiger partial charge in [0.05, 0.1) is 0 Å². The van der Waals surface area contributed by atoms with E-state index in [1.54, 1.807) is 0 Å². The van der Waals surface area contributed by atoms with Gasteiger partial charge < -0.3 is 10.2 Å². The van der Waals surface area contributed by atoms with Crippen molar-refractivity contribution in [1.82, 2.24) is 10.2 Å². The molecule has 1 heterocycles. The quantitative estimate of drug-likeness (QED) is 0.674. The van der Waals surface area contributed by atoms with Crippen molar-refractivity contribution in [2.75, 3.05) is 44.2 Å². The zero-order chi connectivity index (χ0) is 10.9. The van der Waals surface area contributed by atoms with Crippen molar-refractivity contribution in [2.24, 2.45) is 5.92 Å². The van der Waals surface area contributed by atoms with Gasteiger partial charge in [-0.3, -0.25) is 0 Å². The van der Waals surface area contributed by atoms with Crippen molar-refractivity contribution in [2.45, 2.75) is 26.7 Å². The second-order valence-corrected chi connectivity index (χ2v) is 5.71. The van der Waals surface area contributed by atoms with Crippen LogP contribution in [0.4, 0.5) is 0 Å². The van der Waals surface area contributed by atoms with Crippen LogP contribution in [0.1, 0.15) is 26.7 Å². The van der Waals surface area contributed by atoms with E-state index in [-0.39, 0.29) is 0 Å². The fourth-order valence-electron chi connectivity index (χ4n) is 2.21. The summed E-state index contributed by atoms with van der Waals surface area (Å²) in [5.41, 5.74) is 0. The predicted octanol–water partition coefficient (Wildman–Crippen LogP) is 2.06. The number of nitrogens with one attached hydrogen (secondary N) is 1. The SMILES string of the molecule is CCNCC1CCCN(CCSCC)C1. The normalized spacial score (nSPS) is 23.2. The van der Waals surface area contributed by atoms with Crippen molar-refractivity contribution in [1.29, 1.82) is 0 Å². The minimum Gasteiger partial charge on any atom is -0.317 e. The Labute approximate surface area is 99.2 Å². The Bertz CT molecular complexity index is 153. The van der Waals surface area contributed by atoms with Crippen molar-refractivity contribution in [3.05, 3.63) is 0 Å². The highest BCUT2D eigenvalue weighted by atomic mass is 32.2. The fraction of sp³-hybridized carbons (Fsp3) is 1.00. The van der Waals surface area contributed by atoms with E-state index in [0.717, 1.165) is 12.5 Å². The molecule has 0 aliphatic carbocycles. The topological polar surface area (TPSA) is 15.3 Å². The molecule has 0 radical (unpaired) electrons. The molecule has 1 saturated heterocycles. The molecule has 0 aromatic heterocycles. The van der Waals surface area contributed by atoms with E-state index in [9.17, 15) is 0 Å². The van der Waals surface area contributed by atoms with E-state index in [1.807, 2.05) is 0 Å². The van der Waals surface area contributed by atoms with Gasteiger partial charge in [-0.2, -0.15) is 11.8 Å². The number of hydrogen-bond donors (Lipinski definition) is 1. The van der Waals surface area contributed by atoms with E-state index in [0.29, 0.717) is 0 Å². The molecule has 90 valence electrons. The van der Waals surface area contributed by atoms with Gasteiger partial charge in [0.25, 0.3) is 0 Å². The third-order valence-electron chi connectivity index (χ3n) is 3.04. The standard InChI is InChI=1S/C12H26N2S/c1-3-13-10-12-6-5-7-14(11-12)8-9-15-4-2/h12-13H,3-11H2,1-2H3. The number of likely N-dealkylation sites (tertiary alicyclic amines) is 1.